The fraction of sp³-hybridized carbons (Fsp3) is 0.538. The van der Waals surface area contributed by atoms with E-state index in [1.807, 2.05) is 0 Å². The van der Waals surface area contributed by atoms with E-state index in [0.717, 1.165) is 17.7 Å². The van der Waals surface area contributed by atoms with Gasteiger partial charge in [0.25, 0.3) is 0 Å². The van der Waals surface area contributed by atoms with Gasteiger partial charge in [0.15, 0.2) is 0 Å². The van der Waals surface area contributed by atoms with Crippen LogP contribution in [0, 0.1) is 26.7 Å². The van der Waals surface area contributed by atoms with Crippen molar-refractivity contribution in [1.29, 1.82) is 0 Å². The van der Waals surface area contributed by atoms with Crippen LogP contribution in [0.4, 0.5) is 0 Å². The summed E-state index contributed by atoms with van der Waals surface area (Å²) in [7, 11) is 0. The molecular formula is C13H17Cl. The molecule has 1 aromatic rings. The quantitative estimate of drug-likeness (QED) is 0.646. The lowest BCUT2D eigenvalue weighted by Gasteiger charge is -2.09. The van der Waals surface area contributed by atoms with Crippen molar-refractivity contribution in [3.8, 4) is 0 Å². The maximum atomic E-state index is 5.87. The van der Waals surface area contributed by atoms with Crippen molar-refractivity contribution in [2.24, 2.45) is 5.92 Å². The Kier molecular flexibility index (Phi) is 2.57. The molecule has 1 aromatic carbocycles. The molecule has 0 spiro atoms. The van der Waals surface area contributed by atoms with Crippen LogP contribution in [-0.2, 0) is 0 Å². The highest BCUT2D eigenvalue weighted by Gasteiger charge is 2.38. The van der Waals surface area contributed by atoms with Gasteiger partial charge in [0.05, 0.1) is 0 Å². The van der Waals surface area contributed by atoms with Gasteiger partial charge >= 0.3 is 0 Å². The van der Waals surface area contributed by atoms with Crippen LogP contribution in [0.5, 0.6) is 0 Å². The number of hydrogen-bond acceptors (Lipinski definition) is 0. The highest BCUT2D eigenvalue weighted by Crippen LogP contribution is 2.49. The molecule has 0 heterocycles. The molecule has 0 amide bonds. The molecule has 76 valence electrons. The topological polar surface area (TPSA) is 0 Å². The summed E-state index contributed by atoms with van der Waals surface area (Å²) in [6.07, 6.45) is 1.28. The van der Waals surface area contributed by atoms with Gasteiger partial charge in [0.2, 0.25) is 0 Å². The predicted octanol–water partition coefficient (Wildman–Crippen LogP) is 3.95. The van der Waals surface area contributed by atoms with Crippen LogP contribution in [0.25, 0.3) is 0 Å². The Morgan fingerprint density at radius 1 is 1.14 bits per heavy atom. The molecular weight excluding hydrogens is 192 g/mol. The first-order chi connectivity index (χ1) is 6.63. The van der Waals surface area contributed by atoms with Gasteiger partial charge in [0, 0.05) is 5.88 Å². The van der Waals surface area contributed by atoms with Gasteiger partial charge in [-0.15, -0.1) is 11.6 Å². The molecule has 0 radical (unpaired) electrons. The molecule has 1 aliphatic carbocycles. The zero-order chi connectivity index (χ0) is 10.3. The number of hydrogen-bond donors (Lipinski definition) is 0. The van der Waals surface area contributed by atoms with Gasteiger partial charge in [-0.1, -0.05) is 12.1 Å². The standard InChI is InChI=1S/C13H17Cl/c1-8-4-10(3)12(5-9(8)2)13-6-11(13)7-14/h4-5,11,13H,6-7H2,1-3H3. The molecule has 14 heavy (non-hydrogen) atoms. The van der Waals surface area contributed by atoms with Gasteiger partial charge in [-0.3, -0.25) is 0 Å². The molecule has 1 aliphatic rings. The van der Waals surface area contributed by atoms with Gasteiger partial charge in [-0.2, -0.15) is 0 Å². The molecule has 0 aromatic heterocycles. The van der Waals surface area contributed by atoms with Crippen LogP contribution in [0.15, 0.2) is 12.1 Å². The lowest BCUT2D eigenvalue weighted by Crippen LogP contribution is -1.93. The lowest BCUT2D eigenvalue weighted by molar-refractivity contribution is 0.914. The summed E-state index contributed by atoms with van der Waals surface area (Å²) >= 11 is 5.87. The zero-order valence-corrected chi connectivity index (χ0v) is 9.86. The van der Waals surface area contributed by atoms with E-state index in [1.165, 1.54) is 28.7 Å². The number of halogens is 1. The normalized spacial score (nSPS) is 25.1. The smallest absolute Gasteiger partial charge is 0.0257 e. The number of rotatable bonds is 2. The number of aryl methyl sites for hydroxylation is 3. The SMILES string of the molecule is Cc1cc(C)c(C2CC2CCl)cc1C. The first kappa shape index (κ1) is 10.0. The van der Waals surface area contributed by atoms with Crippen molar-refractivity contribution in [3.63, 3.8) is 0 Å². The van der Waals surface area contributed by atoms with Crippen molar-refractivity contribution in [2.75, 3.05) is 5.88 Å². The minimum absolute atomic E-state index is 0.734. The fourth-order valence-electron chi connectivity index (χ4n) is 2.18. The first-order valence-corrected chi connectivity index (χ1v) is 5.80. The van der Waals surface area contributed by atoms with E-state index in [2.05, 4.69) is 32.9 Å². The molecule has 2 rings (SSSR count). The van der Waals surface area contributed by atoms with Crippen molar-refractivity contribution in [1.82, 2.24) is 0 Å². The van der Waals surface area contributed by atoms with E-state index in [9.17, 15) is 0 Å². The number of benzene rings is 1. The third kappa shape index (κ3) is 1.68. The van der Waals surface area contributed by atoms with E-state index >= 15 is 0 Å². The largest absolute Gasteiger partial charge is 0.126 e. The van der Waals surface area contributed by atoms with Gasteiger partial charge in [-0.05, 0) is 61.3 Å². The minimum atomic E-state index is 0.734. The van der Waals surface area contributed by atoms with E-state index in [0.29, 0.717) is 0 Å². The Morgan fingerprint density at radius 3 is 2.36 bits per heavy atom. The molecule has 1 fully saturated rings. The first-order valence-electron chi connectivity index (χ1n) is 5.27. The molecule has 0 nitrogen and oxygen atoms in total. The molecule has 1 saturated carbocycles. The Bertz CT molecular complexity index is 354. The van der Waals surface area contributed by atoms with Gasteiger partial charge in [-0.25, -0.2) is 0 Å². The van der Waals surface area contributed by atoms with Crippen LogP contribution in [0.3, 0.4) is 0 Å². The van der Waals surface area contributed by atoms with E-state index in [4.69, 9.17) is 11.6 Å². The lowest BCUT2D eigenvalue weighted by atomic mass is 9.97. The second kappa shape index (κ2) is 3.58. The van der Waals surface area contributed by atoms with Crippen LogP contribution < -0.4 is 0 Å². The van der Waals surface area contributed by atoms with Crippen molar-refractivity contribution >= 4 is 11.6 Å². The molecule has 2 unspecified atom stereocenters. The summed E-state index contributed by atoms with van der Waals surface area (Å²) in [5.41, 5.74) is 5.77. The summed E-state index contributed by atoms with van der Waals surface area (Å²) in [6.45, 7) is 6.58. The van der Waals surface area contributed by atoms with Crippen LogP contribution in [0.1, 0.15) is 34.6 Å². The van der Waals surface area contributed by atoms with Crippen molar-refractivity contribution in [3.05, 3.63) is 34.4 Å². The predicted molar refractivity (Wildman–Crippen MR) is 62.2 cm³/mol. The Labute approximate surface area is 91.3 Å². The van der Waals surface area contributed by atoms with Crippen LogP contribution in [-0.4, -0.2) is 5.88 Å². The third-order valence-corrected chi connectivity index (χ3v) is 3.80. The molecule has 0 N–H and O–H groups in total. The second-order valence-electron chi connectivity index (χ2n) is 4.55. The molecule has 2 atom stereocenters. The van der Waals surface area contributed by atoms with E-state index < -0.39 is 0 Å². The monoisotopic (exact) mass is 208 g/mol. The molecule has 1 heteroatoms. The maximum absolute atomic E-state index is 5.87. The Balaban J connectivity index is 2.31. The highest BCUT2D eigenvalue weighted by atomic mass is 35.5. The fourth-order valence-corrected chi connectivity index (χ4v) is 2.52. The summed E-state index contributed by atoms with van der Waals surface area (Å²) in [6, 6.07) is 4.65. The average Bonchev–Trinajstić information content (AvgIpc) is 2.90. The van der Waals surface area contributed by atoms with Gasteiger partial charge in [0.1, 0.15) is 0 Å². The maximum Gasteiger partial charge on any atom is 0.0257 e. The van der Waals surface area contributed by atoms with Crippen LogP contribution >= 0.6 is 11.6 Å². The number of alkyl halides is 1. The van der Waals surface area contributed by atoms with Crippen molar-refractivity contribution in [2.45, 2.75) is 33.1 Å². The third-order valence-electron chi connectivity index (χ3n) is 3.40. The van der Waals surface area contributed by atoms with E-state index in [-0.39, 0.29) is 0 Å². The summed E-state index contributed by atoms with van der Waals surface area (Å²) in [4.78, 5) is 0. The molecule has 0 aliphatic heterocycles. The second-order valence-corrected chi connectivity index (χ2v) is 4.86. The summed E-state index contributed by atoms with van der Waals surface area (Å²) in [5.74, 6) is 2.29. The zero-order valence-electron chi connectivity index (χ0n) is 9.10. The van der Waals surface area contributed by atoms with Crippen molar-refractivity contribution < 1.29 is 0 Å². The Morgan fingerprint density at radius 2 is 1.79 bits per heavy atom. The molecule has 0 bridgehead atoms. The summed E-state index contributed by atoms with van der Waals surface area (Å²) in [5, 5.41) is 0. The van der Waals surface area contributed by atoms with E-state index in [1.54, 1.807) is 0 Å². The average molecular weight is 209 g/mol. The van der Waals surface area contributed by atoms with Gasteiger partial charge < -0.3 is 0 Å². The van der Waals surface area contributed by atoms with Crippen LogP contribution in [0.2, 0.25) is 0 Å². The minimum Gasteiger partial charge on any atom is -0.126 e. The summed E-state index contributed by atoms with van der Waals surface area (Å²) < 4.78 is 0. The molecule has 0 saturated heterocycles. The highest BCUT2D eigenvalue weighted by molar-refractivity contribution is 6.18. The Hall–Kier alpha value is -0.490.